The van der Waals surface area contributed by atoms with E-state index in [0.717, 1.165) is 28.6 Å². The molecular formula is C27H26ClF2N3O4. The highest BCUT2D eigenvalue weighted by atomic mass is 35.5. The Morgan fingerprint density at radius 3 is 2.54 bits per heavy atom. The molecule has 0 saturated heterocycles. The number of amides is 1. The van der Waals surface area contributed by atoms with Crippen molar-refractivity contribution in [1.29, 1.82) is 0 Å². The highest BCUT2D eigenvalue weighted by Crippen LogP contribution is 2.25. The second kappa shape index (κ2) is 10.3. The zero-order valence-corrected chi connectivity index (χ0v) is 21.5. The SMILES string of the molecule is Cc1cc(OCc2ccc(F)cc2F)c(Cl)c(=O)n1Cc1ccc2c(ccn2NC(=O)OC(C)(C)C)c1. The van der Waals surface area contributed by atoms with Crippen LogP contribution in [0.5, 0.6) is 5.75 Å². The van der Waals surface area contributed by atoms with Gasteiger partial charge in [-0.05, 0) is 63.6 Å². The van der Waals surface area contributed by atoms with Gasteiger partial charge < -0.3 is 14.0 Å². The zero-order valence-electron chi connectivity index (χ0n) is 20.8. The Morgan fingerprint density at radius 2 is 1.84 bits per heavy atom. The third-order valence-electron chi connectivity index (χ3n) is 5.52. The standard InChI is InChI=1S/C27H26ClF2N3O4/c1-16-11-23(36-15-19-6-7-20(29)13-21(19)30)24(28)25(34)32(16)14-17-5-8-22-18(12-17)9-10-33(22)31-26(35)37-27(2,3)4/h5-13H,14-15H2,1-4H3,(H,31,35). The van der Waals surface area contributed by atoms with Gasteiger partial charge in [-0.25, -0.2) is 19.0 Å². The summed E-state index contributed by atoms with van der Waals surface area (Å²) in [7, 11) is 0. The Labute approximate surface area is 217 Å². The van der Waals surface area contributed by atoms with Gasteiger partial charge in [0, 0.05) is 35.0 Å². The molecule has 4 aromatic rings. The van der Waals surface area contributed by atoms with E-state index in [9.17, 15) is 18.4 Å². The summed E-state index contributed by atoms with van der Waals surface area (Å²) in [5, 5.41) is 0.716. The van der Waals surface area contributed by atoms with Crippen molar-refractivity contribution in [3.05, 3.63) is 98.6 Å². The first kappa shape index (κ1) is 26.2. The number of nitrogens with one attached hydrogen (secondary N) is 1. The van der Waals surface area contributed by atoms with Gasteiger partial charge in [0.15, 0.2) is 0 Å². The zero-order chi connectivity index (χ0) is 26.9. The molecule has 0 radical (unpaired) electrons. The van der Waals surface area contributed by atoms with Crippen molar-refractivity contribution in [2.45, 2.75) is 46.4 Å². The van der Waals surface area contributed by atoms with Gasteiger partial charge in [-0.1, -0.05) is 17.7 Å². The summed E-state index contributed by atoms with van der Waals surface area (Å²) in [5.74, 6) is -1.32. The van der Waals surface area contributed by atoms with E-state index >= 15 is 0 Å². The minimum Gasteiger partial charge on any atom is -0.487 e. The molecule has 37 heavy (non-hydrogen) atoms. The van der Waals surface area contributed by atoms with Crippen LogP contribution in [0.25, 0.3) is 10.9 Å². The summed E-state index contributed by atoms with van der Waals surface area (Å²) in [6.45, 7) is 7.13. The predicted molar refractivity (Wildman–Crippen MR) is 138 cm³/mol. The maximum absolute atomic E-state index is 13.9. The van der Waals surface area contributed by atoms with Crippen molar-refractivity contribution < 1.29 is 23.0 Å². The van der Waals surface area contributed by atoms with Gasteiger partial charge >= 0.3 is 6.09 Å². The smallest absolute Gasteiger partial charge is 0.426 e. The molecule has 0 bridgehead atoms. The molecule has 0 saturated carbocycles. The van der Waals surface area contributed by atoms with Gasteiger partial charge in [0.1, 0.15) is 34.6 Å². The van der Waals surface area contributed by atoms with Gasteiger partial charge in [0.25, 0.3) is 5.56 Å². The molecule has 2 aromatic heterocycles. The fourth-order valence-electron chi connectivity index (χ4n) is 3.78. The molecule has 1 N–H and O–H groups in total. The van der Waals surface area contributed by atoms with E-state index in [2.05, 4.69) is 5.43 Å². The third kappa shape index (κ3) is 6.11. The lowest BCUT2D eigenvalue weighted by atomic mass is 10.1. The number of ether oxygens (including phenoxy) is 2. The molecule has 0 aliphatic heterocycles. The van der Waals surface area contributed by atoms with Crippen molar-refractivity contribution in [3.63, 3.8) is 0 Å². The quantitative estimate of drug-likeness (QED) is 0.325. The Morgan fingerprint density at radius 1 is 1.08 bits per heavy atom. The number of nitrogens with zero attached hydrogens (tertiary/aromatic N) is 2. The van der Waals surface area contributed by atoms with Gasteiger partial charge in [0.05, 0.1) is 12.1 Å². The van der Waals surface area contributed by atoms with Crippen molar-refractivity contribution in [3.8, 4) is 5.75 Å². The second-order valence-electron chi connectivity index (χ2n) is 9.57. The molecule has 194 valence electrons. The van der Waals surface area contributed by atoms with Crippen molar-refractivity contribution in [2.24, 2.45) is 0 Å². The number of halogens is 3. The lowest BCUT2D eigenvalue weighted by molar-refractivity contribution is 0.0614. The van der Waals surface area contributed by atoms with Crippen LogP contribution in [0.1, 0.15) is 37.6 Å². The van der Waals surface area contributed by atoms with Gasteiger partial charge in [0.2, 0.25) is 0 Å². The van der Waals surface area contributed by atoms with E-state index < -0.39 is 28.9 Å². The van der Waals surface area contributed by atoms with Crippen molar-refractivity contribution >= 4 is 28.6 Å². The molecule has 2 aromatic carbocycles. The molecule has 0 atom stereocenters. The molecule has 0 fully saturated rings. The first-order valence-electron chi connectivity index (χ1n) is 11.5. The van der Waals surface area contributed by atoms with Crippen LogP contribution in [0.4, 0.5) is 13.6 Å². The molecule has 0 aliphatic carbocycles. The molecule has 10 heteroatoms. The Hall–Kier alpha value is -3.85. The topological polar surface area (TPSA) is 74.5 Å². The lowest BCUT2D eigenvalue weighted by Gasteiger charge is -2.20. The maximum Gasteiger partial charge on any atom is 0.426 e. The van der Waals surface area contributed by atoms with E-state index in [1.807, 2.05) is 24.3 Å². The number of hydrogen-bond donors (Lipinski definition) is 1. The monoisotopic (exact) mass is 529 g/mol. The molecular weight excluding hydrogens is 504 g/mol. The average Bonchev–Trinajstić information content (AvgIpc) is 3.19. The molecule has 1 amide bonds. The highest BCUT2D eigenvalue weighted by molar-refractivity contribution is 6.31. The van der Waals surface area contributed by atoms with Crippen LogP contribution in [0.2, 0.25) is 5.02 Å². The number of rotatable bonds is 6. The van der Waals surface area contributed by atoms with Crippen LogP contribution in [0, 0.1) is 18.6 Å². The van der Waals surface area contributed by atoms with Gasteiger partial charge in [-0.3, -0.25) is 9.47 Å². The Bertz CT molecular complexity index is 1540. The molecule has 0 aliphatic rings. The van der Waals surface area contributed by atoms with Crippen molar-refractivity contribution in [1.82, 2.24) is 9.24 Å². The Balaban J connectivity index is 1.52. The number of carbonyl (C=O) groups excluding carboxylic acids is 1. The fraction of sp³-hybridized carbons (Fsp3) is 0.259. The van der Waals surface area contributed by atoms with E-state index in [-0.39, 0.29) is 29.5 Å². The summed E-state index contributed by atoms with van der Waals surface area (Å²) in [6, 6.07) is 12.2. The van der Waals surface area contributed by atoms with E-state index in [1.165, 1.54) is 10.6 Å². The number of aryl methyl sites for hydroxylation is 1. The number of hydrogen-bond acceptors (Lipinski definition) is 4. The van der Waals surface area contributed by atoms with E-state index in [1.54, 1.807) is 44.6 Å². The van der Waals surface area contributed by atoms with Crippen LogP contribution in [0.15, 0.2) is 59.5 Å². The minimum absolute atomic E-state index is 0.116. The number of fused-ring (bicyclic) bond motifs is 1. The minimum atomic E-state index is -0.744. The number of pyridine rings is 1. The number of aromatic nitrogens is 2. The fourth-order valence-corrected chi connectivity index (χ4v) is 3.99. The largest absolute Gasteiger partial charge is 0.487 e. The maximum atomic E-state index is 13.9. The van der Waals surface area contributed by atoms with E-state index in [0.29, 0.717) is 5.69 Å². The summed E-state index contributed by atoms with van der Waals surface area (Å²) in [4.78, 5) is 25.1. The second-order valence-corrected chi connectivity index (χ2v) is 9.95. The molecule has 0 spiro atoms. The van der Waals surface area contributed by atoms with Crippen LogP contribution in [0.3, 0.4) is 0 Å². The van der Waals surface area contributed by atoms with Crippen molar-refractivity contribution in [2.75, 3.05) is 5.43 Å². The third-order valence-corrected chi connectivity index (χ3v) is 5.87. The van der Waals surface area contributed by atoms with Crippen LogP contribution >= 0.6 is 11.6 Å². The number of carbonyl (C=O) groups is 1. The number of benzene rings is 2. The molecule has 2 heterocycles. The normalized spacial score (nSPS) is 11.5. The first-order valence-corrected chi connectivity index (χ1v) is 11.9. The van der Waals surface area contributed by atoms with Crippen LogP contribution < -0.4 is 15.7 Å². The summed E-state index contributed by atoms with van der Waals surface area (Å²) in [5.41, 5.74) is 3.93. The van der Waals surface area contributed by atoms with E-state index in [4.69, 9.17) is 21.1 Å². The van der Waals surface area contributed by atoms with Crippen LogP contribution in [-0.2, 0) is 17.9 Å². The molecule has 4 rings (SSSR count). The Kier molecular flexibility index (Phi) is 7.27. The molecule has 7 nitrogen and oxygen atoms in total. The van der Waals surface area contributed by atoms with Crippen LogP contribution in [-0.4, -0.2) is 20.9 Å². The highest BCUT2D eigenvalue weighted by Gasteiger charge is 2.17. The predicted octanol–water partition coefficient (Wildman–Crippen LogP) is 6.15. The summed E-state index contributed by atoms with van der Waals surface area (Å²) in [6.07, 6.45) is 1.14. The first-order chi connectivity index (χ1) is 17.4. The molecule has 0 unspecified atom stereocenters. The lowest BCUT2D eigenvalue weighted by Crippen LogP contribution is -2.31. The van der Waals surface area contributed by atoms with Gasteiger partial charge in [-0.2, -0.15) is 0 Å². The van der Waals surface area contributed by atoms with Gasteiger partial charge in [-0.15, -0.1) is 0 Å². The summed E-state index contributed by atoms with van der Waals surface area (Å²) >= 11 is 6.29. The summed E-state index contributed by atoms with van der Waals surface area (Å²) < 4.78 is 41.0. The average molecular weight is 530 g/mol.